The van der Waals surface area contributed by atoms with Crippen molar-refractivity contribution in [1.29, 1.82) is 0 Å². The van der Waals surface area contributed by atoms with E-state index in [4.69, 9.17) is 4.74 Å². The molecule has 2 N–H and O–H groups in total. The van der Waals surface area contributed by atoms with Gasteiger partial charge >= 0.3 is 6.09 Å². The number of carbonyl (C=O) groups excluding carboxylic acids is 1. The lowest BCUT2D eigenvalue weighted by atomic mass is 10.0. The van der Waals surface area contributed by atoms with Gasteiger partial charge in [0.1, 0.15) is 17.0 Å². The van der Waals surface area contributed by atoms with Crippen molar-refractivity contribution < 1.29 is 9.53 Å². The van der Waals surface area contributed by atoms with E-state index in [-0.39, 0.29) is 18.2 Å². The van der Waals surface area contributed by atoms with Gasteiger partial charge in [-0.15, -0.1) is 0 Å². The lowest BCUT2D eigenvalue weighted by Crippen LogP contribution is -2.46. The van der Waals surface area contributed by atoms with Crippen LogP contribution in [0.1, 0.15) is 52.1 Å². The first-order valence-electron chi connectivity index (χ1n) is 10.0. The molecule has 1 fully saturated rings. The molecule has 156 valence electrons. The highest BCUT2D eigenvalue weighted by Crippen LogP contribution is 2.25. The fourth-order valence-electron chi connectivity index (χ4n) is 3.45. The van der Waals surface area contributed by atoms with Crippen molar-refractivity contribution in [3.63, 3.8) is 0 Å². The van der Waals surface area contributed by atoms with E-state index >= 15 is 0 Å². The molecule has 0 unspecified atom stereocenters. The molecule has 1 aliphatic rings. The Balaban J connectivity index is 1.58. The number of amides is 1. The quantitative estimate of drug-likeness (QED) is 0.751. The van der Waals surface area contributed by atoms with Crippen molar-refractivity contribution in [3.05, 3.63) is 56.3 Å². The summed E-state index contributed by atoms with van der Waals surface area (Å²) in [6, 6.07) is 9.70. The Hall–Kier alpha value is -2.83. The smallest absolute Gasteiger partial charge is 0.410 e. The third-order valence-electron chi connectivity index (χ3n) is 5.07. The average Bonchev–Trinajstić information content (AvgIpc) is 2.70. The minimum absolute atomic E-state index is 0.0320. The molecule has 3 rings (SSSR count). The zero-order chi connectivity index (χ0) is 21.2. The SMILES string of the molecule is C[C@@H](Nc1c(NC2CCN(C(=O)OC(C)(C)C)CC2)c(=O)c1=O)c1ccccc1. The van der Waals surface area contributed by atoms with Gasteiger partial charge < -0.3 is 20.3 Å². The van der Waals surface area contributed by atoms with Gasteiger partial charge in [-0.1, -0.05) is 30.3 Å². The van der Waals surface area contributed by atoms with Gasteiger partial charge in [-0.05, 0) is 46.1 Å². The minimum atomic E-state index is -0.522. The summed E-state index contributed by atoms with van der Waals surface area (Å²) >= 11 is 0. The normalized spacial score (nSPS) is 16.5. The van der Waals surface area contributed by atoms with Gasteiger partial charge in [-0.3, -0.25) is 9.59 Å². The highest BCUT2D eigenvalue weighted by atomic mass is 16.6. The van der Waals surface area contributed by atoms with Crippen molar-refractivity contribution in [2.75, 3.05) is 23.7 Å². The highest BCUT2D eigenvalue weighted by Gasteiger charge is 2.29. The minimum Gasteiger partial charge on any atom is -0.444 e. The lowest BCUT2D eigenvalue weighted by molar-refractivity contribution is 0.0210. The molecule has 1 amide bonds. The van der Waals surface area contributed by atoms with Crippen LogP contribution in [0.4, 0.5) is 16.2 Å². The number of anilines is 2. The topological polar surface area (TPSA) is 87.7 Å². The number of likely N-dealkylation sites (tertiary alicyclic amines) is 1. The Morgan fingerprint density at radius 1 is 1.07 bits per heavy atom. The van der Waals surface area contributed by atoms with Crippen LogP contribution in [0.2, 0.25) is 0 Å². The molecule has 0 saturated carbocycles. The number of nitrogens with one attached hydrogen (secondary N) is 2. The molecule has 1 atom stereocenters. The third-order valence-corrected chi connectivity index (χ3v) is 5.07. The molecule has 0 spiro atoms. The lowest BCUT2D eigenvalue weighted by Gasteiger charge is -2.34. The molecular formula is C22H29N3O4. The molecule has 7 heteroatoms. The number of rotatable bonds is 5. The zero-order valence-electron chi connectivity index (χ0n) is 17.5. The van der Waals surface area contributed by atoms with Crippen LogP contribution in [0.15, 0.2) is 39.9 Å². The summed E-state index contributed by atoms with van der Waals surface area (Å²) in [6.45, 7) is 8.58. The van der Waals surface area contributed by atoms with Crippen LogP contribution >= 0.6 is 0 Å². The molecule has 1 saturated heterocycles. The molecule has 0 bridgehead atoms. The van der Waals surface area contributed by atoms with Gasteiger partial charge in [0, 0.05) is 25.2 Å². The molecule has 1 heterocycles. The third kappa shape index (κ3) is 4.96. The standard InChI is InChI=1S/C22H29N3O4/c1-14(15-8-6-5-7-9-15)23-17-18(20(27)19(17)26)24-16-10-12-25(13-11-16)21(28)29-22(2,3)4/h5-9,14,16,23-24H,10-13H2,1-4H3/t14-/m1/s1. The molecular weight excluding hydrogens is 370 g/mol. The number of piperidine rings is 1. The van der Waals surface area contributed by atoms with E-state index < -0.39 is 16.5 Å². The van der Waals surface area contributed by atoms with Crippen molar-refractivity contribution in [2.45, 2.75) is 58.2 Å². The predicted octanol–water partition coefficient (Wildman–Crippen LogP) is 3.27. The largest absolute Gasteiger partial charge is 0.444 e. The van der Waals surface area contributed by atoms with E-state index in [0.29, 0.717) is 37.3 Å². The second-order valence-corrected chi connectivity index (χ2v) is 8.57. The van der Waals surface area contributed by atoms with E-state index in [0.717, 1.165) is 5.56 Å². The Kier molecular flexibility index (Phi) is 5.96. The van der Waals surface area contributed by atoms with E-state index in [1.165, 1.54) is 0 Å². The summed E-state index contributed by atoms with van der Waals surface area (Å²) in [5, 5.41) is 6.39. The first-order chi connectivity index (χ1) is 13.7. The Bertz CT molecular complexity index is 918. The predicted molar refractivity (Wildman–Crippen MR) is 114 cm³/mol. The molecule has 1 aliphatic heterocycles. The summed E-state index contributed by atoms with van der Waals surface area (Å²) in [5.41, 5.74) is 0.251. The van der Waals surface area contributed by atoms with Gasteiger partial charge in [0.2, 0.25) is 0 Å². The maximum atomic E-state index is 12.2. The van der Waals surface area contributed by atoms with Crippen molar-refractivity contribution in [2.24, 2.45) is 0 Å². The zero-order valence-corrected chi connectivity index (χ0v) is 17.5. The molecule has 2 aromatic carbocycles. The summed E-state index contributed by atoms with van der Waals surface area (Å²) < 4.78 is 5.41. The van der Waals surface area contributed by atoms with E-state index in [1.807, 2.05) is 58.0 Å². The van der Waals surface area contributed by atoms with Crippen LogP contribution in [-0.2, 0) is 4.74 Å². The molecule has 0 aliphatic carbocycles. The fourth-order valence-corrected chi connectivity index (χ4v) is 3.45. The first-order valence-corrected chi connectivity index (χ1v) is 10.0. The highest BCUT2D eigenvalue weighted by molar-refractivity contribution is 5.75. The van der Waals surface area contributed by atoms with Crippen molar-refractivity contribution >= 4 is 17.5 Å². The number of hydrogen-bond donors (Lipinski definition) is 2. The van der Waals surface area contributed by atoms with Crippen LogP contribution in [0.5, 0.6) is 0 Å². The van der Waals surface area contributed by atoms with Gasteiger partial charge in [0.25, 0.3) is 10.9 Å². The Morgan fingerprint density at radius 2 is 1.66 bits per heavy atom. The van der Waals surface area contributed by atoms with E-state index in [2.05, 4.69) is 10.6 Å². The van der Waals surface area contributed by atoms with E-state index in [1.54, 1.807) is 4.90 Å². The maximum Gasteiger partial charge on any atom is 0.410 e. The molecule has 29 heavy (non-hydrogen) atoms. The Morgan fingerprint density at radius 3 is 2.24 bits per heavy atom. The summed E-state index contributed by atoms with van der Waals surface area (Å²) in [7, 11) is 0. The summed E-state index contributed by atoms with van der Waals surface area (Å²) in [4.78, 5) is 38.0. The number of hydrogen-bond acceptors (Lipinski definition) is 6. The Labute approximate surface area is 170 Å². The van der Waals surface area contributed by atoms with Gasteiger partial charge in [0.05, 0.1) is 0 Å². The van der Waals surface area contributed by atoms with Crippen LogP contribution < -0.4 is 21.5 Å². The van der Waals surface area contributed by atoms with Gasteiger partial charge in [-0.25, -0.2) is 4.79 Å². The van der Waals surface area contributed by atoms with Gasteiger partial charge in [-0.2, -0.15) is 0 Å². The molecule has 2 aromatic rings. The van der Waals surface area contributed by atoms with Crippen molar-refractivity contribution in [3.8, 4) is 0 Å². The van der Waals surface area contributed by atoms with Crippen LogP contribution in [0.25, 0.3) is 0 Å². The van der Waals surface area contributed by atoms with Crippen LogP contribution in [-0.4, -0.2) is 35.7 Å². The molecule has 7 nitrogen and oxygen atoms in total. The molecule has 0 aromatic heterocycles. The van der Waals surface area contributed by atoms with E-state index in [9.17, 15) is 14.4 Å². The number of carbonyl (C=O) groups is 1. The second-order valence-electron chi connectivity index (χ2n) is 8.57. The fraction of sp³-hybridized carbons (Fsp3) is 0.500. The second kappa shape index (κ2) is 8.27. The molecule has 0 radical (unpaired) electrons. The number of benzene rings is 1. The maximum absolute atomic E-state index is 12.2. The summed E-state index contributed by atoms with van der Waals surface area (Å²) in [5.74, 6) is 0. The first kappa shape index (κ1) is 20.9. The van der Waals surface area contributed by atoms with Gasteiger partial charge in [0.15, 0.2) is 0 Å². The number of ether oxygens (including phenoxy) is 1. The van der Waals surface area contributed by atoms with Crippen molar-refractivity contribution in [1.82, 2.24) is 4.90 Å². The average molecular weight is 399 g/mol. The monoisotopic (exact) mass is 399 g/mol. The van der Waals surface area contributed by atoms with Crippen LogP contribution in [0, 0.1) is 0 Å². The summed E-state index contributed by atoms with van der Waals surface area (Å²) in [6.07, 6.45) is 1.06. The number of nitrogens with zero attached hydrogens (tertiary/aromatic N) is 1. The van der Waals surface area contributed by atoms with Crippen LogP contribution in [0.3, 0.4) is 0 Å².